The standard InChI is InChI=1S/C31H28ClN3O5S/c1-5-34(6-2)29(37)26-18(3)33-31-35(27(26)19-10-12-22(32)13-11-19)28(36)25(41-31)17-23-14-15-24(40-23)20-8-7-9-21(16-20)30(38)39-4/h7-17,27H,5-6H2,1-4H3/b25-17+/t27-/m0/s1. The molecule has 0 unspecified atom stereocenters. The molecule has 3 heterocycles. The number of halogens is 1. The number of allylic oxidation sites excluding steroid dienone is 1. The highest BCUT2D eigenvalue weighted by molar-refractivity contribution is 7.07. The molecule has 0 spiro atoms. The molecule has 0 radical (unpaired) electrons. The van der Waals surface area contributed by atoms with Crippen molar-refractivity contribution in [1.82, 2.24) is 9.47 Å². The Morgan fingerprint density at radius 3 is 2.54 bits per heavy atom. The van der Waals surface area contributed by atoms with E-state index >= 15 is 0 Å². The lowest BCUT2D eigenvalue weighted by Gasteiger charge is -2.29. The lowest BCUT2D eigenvalue weighted by Crippen LogP contribution is -2.43. The van der Waals surface area contributed by atoms with Gasteiger partial charge in [-0.25, -0.2) is 9.79 Å². The van der Waals surface area contributed by atoms with Crippen molar-refractivity contribution in [2.45, 2.75) is 26.8 Å². The van der Waals surface area contributed by atoms with Crippen LogP contribution in [0.15, 0.2) is 86.1 Å². The van der Waals surface area contributed by atoms with E-state index in [9.17, 15) is 14.4 Å². The van der Waals surface area contributed by atoms with Crippen LogP contribution in [0.4, 0.5) is 0 Å². The monoisotopic (exact) mass is 589 g/mol. The first-order valence-corrected chi connectivity index (χ1v) is 14.3. The first kappa shape index (κ1) is 28.3. The second kappa shape index (κ2) is 11.7. The zero-order chi connectivity index (χ0) is 29.3. The highest BCUT2D eigenvalue weighted by Crippen LogP contribution is 2.32. The van der Waals surface area contributed by atoms with Crippen LogP contribution in [-0.2, 0) is 9.53 Å². The van der Waals surface area contributed by atoms with Crippen molar-refractivity contribution < 1.29 is 18.7 Å². The number of ether oxygens (including phenoxy) is 1. The second-order valence-electron chi connectivity index (χ2n) is 9.39. The Kier molecular flexibility index (Phi) is 8.10. The van der Waals surface area contributed by atoms with Crippen LogP contribution in [0, 0.1) is 0 Å². The molecule has 210 valence electrons. The third-order valence-electron chi connectivity index (χ3n) is 6.96. The third-order valence-corrected chi connectivity index (χ3v) is 8.19. The van der Waals surface area contributed by atoms with E-state index in [1.165, 1.54) is 18.4 Å². The van der Waals surface area contributed by atoms with Gasteiger partial charge in [0.15, 0.2) is 4.80 Å². The number of aromatic nitrogens is 1. The number of carbonyl (C=O) groups is 2. The lowest BCUT2D eigenvalue weighted by molar-refractivity contribution is -0.127. The number of benzene rings is 2. The normalized spacial score (nSPS) is 15.0. The van der Waals surface area contributed by atoms with Gasteiger partial charge in [0.2, 0.25) is 0 Å². The number of nitrogens with zero attached hydrogens (tertiary/aromatic N) is 3. The van der Waals surface area contributed by atoms with Crippen molar-refractivity contribution in [3.8, 4) is 11.3 Å². The Balaban J connectivity index is 1.61. The van der Waals surface area contributed by atoms with Gasteiger partial charge in [-0.05, 0) is 62.7 Å². The number of furan rings is 1. The maximum atomic E-state index is 13.9. The molecule has 8 nitrogen and oxygen atoms in total. The predicted molar refractivity (Wildman–Crippen MR) is 159 cm³/mol. The van der Waals surface area contributed by atoms with E-state index in [1.54, 1.807) is 64.9 Å². The minimum atomic E-state index is -0.660. The van der Waals surface area contributed by atoms with E-state index in [1.807, 2.05) is 32.0 Å². The van der Waals surface area contributed by atoms with E-state index in [-0.39, 0.29) is 11.5 Å². The Bertz CT molecular complexity index is 1840. The van der Waals surface area contributed by atoms with Crippen LogP contribution in [-0.4, -0.2) is 41.5 Å². The highest BCUT2D eigenvalue weighted by atomic mass is 35.5. The smallest absolute Gasteiger partial charge is 0.337 e. The number of fused-ring (bicyclic) bond motifs is 1. The van der Waals surface area contributed by atoms with E-state index < -0.39 is 12.0 Å². The molecule has 41 heavy (non-hydrogen) atoms. The van der Waals surface area contributed by atoms with Crippen LogP contribution in [0.3, 0.4) is 0 Å². The van der Waals surface area contributed by atoms with E-state index in [4.69, 9.17) is 25.7 Å². The highest BCUT2D eigenvalue weighted by Gasteiger charge is 2.34. The third kappa shape index (κ3) is 5.42. The summed E-state index contributed by atoms with van der Waals surface area (Å²) in [5, 5.41) is 0.559. The van der Waals surface area contributed by atoms with Gasteiger partial charge in [-0.2, -0.15) is 0 Å². The zero-order valence-corrected chi connectivity index (χ0v) is 24.6. The molecule has 0 N–H and O–H groups in total. The first-order valence-electron chi connectivity index (χ1n) is 13.1. The molecule has 1 atom stereocenters. The molecule has 2 aromatic heterocycles. The van der Waals surface area contributed by atoms with E-state index in [2.05, 4.69) is 0 Å². The van der Waals surface area contributed by atoms with Gasteiger partial charge in [0.25, 0.3) is 11.5 Å². The molecule has 0 bridgehead atoms. The van der Waals surface area contributed by atoms with Gasteiger partial charge >= 0.3 is 5.97 Å². The Morgan fingerprint density at radius 1 is 1.12 bits per heavy atom. The number of likely N-dealkylation sites (N-methyl/N-ethyl adjacent to an activating group) is 1. The Labute approximate surface area is 245 Å². The predicted octanol–water partition coefficient (Wildman–Crippen LogP) is 4.80. The largest absolute Gasteiger partial charge is 0.465 e. The molecule has 2 aromatic carbocycles. The van der Waals surface area contributed by atoms with Crippen LogP contribution in [0.2, 0.25) is 5.02 Å². The number of amides is 1. The second-order valence-corrected chi connectivity index (χ2v) is 10.8. The fourth-order valence-electron chi connectivity index (χ4n) is 4.87. The van der Waals surface area contributed by atoms with Crippen molar-refractivity contribution in [2.24, 2.45) is 4.99 Å². The van der Waals surface area contributed by atoms with Crippen molar-refractivity contribution in [3.63, 3.8) is 0 Å². The fraction of sp³-hybridized carbons (Fsp3) is 0.226. The van der Waals surface area contributed by atoms with Crippen molar-refractivity contribution >= 4 is 40.9 Å². The van der Waals surface area contributed by atoms with Crippen LogP contribution >= 0.6 is 22.9 Å². The number of carbonyl (C=O) groups excluding carboxylic acids is 2. The Morgan fingerprint density at radius 2 is 1.85 bits per heavy atom. The topological polar surface area (TPSA) is 94.1 Å². The van der Waals surface area contributed by atoms with Crippen LogP contribution in [0.1, 0.15) is 48.5 Å². The summed E-state index contributed by atoms with van der Waals surface area (Å²) >= 11 is 7.40. The molecule has 1 aliphatic rings. The molecule has 5 rings (SSSR count). The van der Waals surface area contributed by atoms with Gasteiger partial charge in [0.05, 0.1) is 34.5 Å². The molecule has 1 aliphatic heterocycles. The van der Waals surface area contributed by atoms with Crippen molar-refractivity contribution in [2.75, 3.05) is 20.2 Å². The fourth-order valence-corrected chi connectivity index (χ4v) is 6.02. The maximum absolute atomic E-state index is 13.9. The van der Waals surface area contributed by atoms with Gasteiger partial charge in [-0.3, -0.25) is 14.2 Å². The first-order chi connectivity index (χ1) is 19.7. The van der Waals surface area contributed by atoms with Gasteiger partial charge < -0.3 is 14.1 Å². The van der Waals surface area contributed by atoms with Crippen LogP contribution in [0.25, 0.3) is 17.4 Å². The number of hydrogen-bond acceptors (Lipinski definition) is 7. The zero-order valence-electron chi connectivity index (χ0n) is 23.0. The summed E-state index contributed by atoms with van der Waals surface area (Å²) in [6.07, 6.45) is 1.67. The summed E-state index contributed by atoms with van der Waals surface area (Å²) in [6, 6.07) is 17.0. The van der Waals surface area contributed by atoms with E-state index in [0.717, 1.165) is 5.56 Å². The number of esters is 1. The number of thiazole rings is 1. The number of hydrogen-bond donors (Lipinski definition) is 0. The van der Waals surface area contributed by atoms with Gasteiger partial charge in [-0.15, -0.1) is 0 Å². The summed E-state index contributed by atoms with van der Waals surface area (Å²) in [4.78, 5) is 46.4. The quantitative estimate of drug-likeness (QED) is 0.289. The molecule has 4 aromatic rings. The molecule has 0 saturated heterocycles. The maximum Gasteiger partial charge on any atom is 0.337 e. The molecular weight excluding hydrogens is 562 g/mol. The van der Waals surface area contributed by atoms with Crippen molar-refractivity contribution in [1.29, 1.82) is 0 Å². The average molecular weight is 590 g/mol. The van der Waals surface area contributed by atoms with Gasteiger partial charge in [0.1, 0.15) is 11.5 Å². The average Bonchev–Trinajstić information content (AvgIpc) is 3.57. The molecular formula is C31H28ClN3O5S. The minimum Gasteiger partial charge on any atom is -0.465 e. The molecule has 0 fully saturated rings. The van der Waals surface area contributed by atoms with Gasteiger partial charge in [0, 0.05) is 29.8 Å². The molecule has 10 heteroatoms. The summed E-state index contributed by atoms with van der Waals surface area (Å²) in [7, 11) is 1.33. The van der Waals surface area contributed by atoms with E-state index in [0.29, 0.717) is 61.4 Å². The summed E-state index contributed by atoms with van der Waals surface area (Å²) in [6.45, 7) is 6.72. The lowest BCUT2D eigenvalue weighted by atomic mass is 9.94. The van der Waals surface area contributed by atoms with Gasteiger partial charge in [-0.1, -0.05) is 47.2 Å². The van der Waals surface area contributed by atoms with Crippen molar-refractivity contribution in [3.05, 3.63) is 114 Å². The van der Waals surface area contributed by atoms with Crippen LogP contribution < -0.4 is 14.9 Å². The molecule has 0 saturated carbocycles. The summed E-state index contributed by atoms with van der Waals surface area (Å²) in [5.41, 5.74) is 2.62. The summed E-state index contributed by atoms with van der Waals surface area (Å²) in [5.74, 6) is 0.406. The molecule has 0 aliphatic carbocycles. The Hall–Kier alpha value is -4.21. The number of rotatable bonds is 7. The SMILES string of the molecule is CCN(CC)C(=O)C1=C(C)N=c2s/c(=C/c3ccc(-c4cccc(C(=O)OC)c4)o3)c(=O)n2[C@H]1c1ccc(Cl)cc1. The minimum absolute atomic E-state index is 0.157. The van der Waals surface area contributed by atoms with Crippen LogP contribution in [0.5, 0.6) is 0 Å². The number of methoxy groups -OCH3 is 1. The molecule has 1 amide bonds. The summed E-state index contributed by atoms with van der Waals surface area (Å²) < 4.78 is 12.8.